The minimum absolute atomic E-state index is 0.262. The molecular formula is C14H19N3. The lowest BCUT2D eigenvalue weighted by Gasteiger charge is -2.16. The van der Waals surface area contributed by atoms with Crippen LogP contribution >= 0.6 is 0 Å². The lowest BCUT2D eigenvalue weighted by atomic mass is 10.0. The molecule has 0 saturated heterocycles. The van der Waals surface area contributed by atoms with E-state index in [1.165, 1.54) is 11.1 Å². The molecule has 0 radical (unpaired) electrons. The molecule has 0 saturated carbocycles. The van der Waals surface area contributed by atoms with E-state index < -0.39 is 0 Å². The molecule has 1 atom stereocenters. The Kier molecular flexibility index (Phi) is 3.59. The second-order valence-corrected chi connectivity index (χ2v) is 4.43. The maximum absolute atomic E-state index is 4.40. The zero-order valence-electron chi connectivity index (χ0n) is 10.6. The van der Waals surface area contributed by atoms with Crippen LogP contribution in [-0.2, 0) is 13.5 Å². The Morgan fingerprint density at radius 3 is 2.53 bits per heavy atom. The summed E-state index contributed by atoms with van der Waals surface area (Å²) in [6.45, 7) is 2.11. The number of hydrogen-bond acceptors (Lipinski definition) is 2. The van der Waals surface area contributed by atoms with Gasteiger partial charge in [0.25, 0.3) is 0 Å². The zero-order chi connectivity index (χ0) is 12.3. The summed E-state index contributed by atoms with van der Waals surface area (Å²) in [5.74, 6) is 1.08. The zero-order valence-corrected chi connectivity index (χ0v) is 10.6. The Balaban J connectivity index is 2.16. The second-order valence-electron chi connectivity index (χ2n) is 4.43. The molecule has 17 heavy (non-hydrogen) atoms. The maximum Gasteiger partial charge on any atom is 0.125 e. The van der Waals surface area contributed by atoms with Crippen LogP contribution in [0.1, 0.15) is 23.0 Å². The molecular weight excluding hydrogens is 210 g/mol. The Bertz CT molecular complexity index is 470. The minimum atomic E-state index is 0.262. The highest BCUT2D eigenvalue weighted by Crippen LogP contribution is 2.16. The van der Waals surface area contributed by atoms with Gasteiger partial charge in [-0.15, -0.1) is 0 Å². The SMILES string of the molecule is CNC(Cc1ccc(C)cc1)c1nccn1C. The van der Waals surface area contributed by atoms with E-state index in [1.807, 2.05) is 26.5 Å². The fourth-order valence-electron chi connectivity index (χ4n) is 2.00. The summed E-state index contributed by atoms with van der Waals surface area (Å²) in [5.41, 5.74) is 2.63. The van der Waals surface area contributed by atoms with E-state index in [9.17, 15) is 0 Å². The van der Waals surface area contributed by atoms with Crippen molar-refractivity contribution in [2.75, 3.05) is 7.05 Å². The molecule has 0 bridgehead atoms. The summed E-state index contributed by atoms with van der Waals surface area (Å²) in [6, 6.07) is 8.93. The molecule has 3 heteroatoms. The van der Waals surface area contributed by atoms with Crippen LogP contribution in [0.2, 0.25) is 0 Å². The van der Waals surface area contributed by atoms with Crippen molar-refractivity contribution in [3.8, 4) is 0 Å². The van der Waals surface area contributed by atoms with E-state index in [1.54, 1.807) is 0 Å². The number of benzene rings is 1. The molecule has 0 amide bonds. The highest BCUT2D eigenvalue weighted by Gasteiger charge is 2.13. The minimum Gasteiger partial charge on any atom is -0.337 e. The van der Waals surface area contributed by atoms with E-state index in [2.05, 4.69) is 46.1 Å². The Hall–Kier alpha value is -1.61. The third-order valence-electron chi connectivity index (χ3n) is 3.08. The van der Waals surface area contributed by atoms with Crippen LogP contribution in [0.3, 0.4) is 0 Å². The van der Waals surface area contributed by atoms with Gasteiger partial charge in [0.05, 0.1) is 6.04 Å². The second kappa shape index (κ2) is 5.15. The van der Waals surface area contributed by atoms with Gasteiger partial charge in [-0.3, -0.25) is 0 Å². The Morgan fingerprint density at radius 1 is 1.29 bits per heavy atom. The number of aryl methyl sites for hydroxylation is 2. The number of hydrogen-bond donors (Lipinski definition) is 1. The van der Waals surface area contributed by atoms with Crippen LogP contribution in [0, 0.1) is 6.92 Å². The first-order chi connectivity index (χ1) is 8.20. The largest absolute Gasteiger partial charge is 0.337 e. The predicted octanol–water partition coefficient (Wildman–Crippen LogP) is 2.23. The molecule has 3 nitrogen and oxygen atoms in total. The van der Waals surface area contributed by atoms with Crippen molar-refractivity contribution >= 4 is 0 Å². The number of rotatable bonds is 4. The van der Waals surface area contributed by atoms with Crippen molar-refractivity contribution in [3.63, 3.8) is 0 Å². The molecule has 90 valence electrons. The first-order valence-electron chi connectivity index (χ1n) is 5.90. The molecule has 0 spiro atoms. The van der Waals surface area contributed by atoms with Gasteiger partial charge in [-0.1, -0.05) is 29.8 Å². The van der Waals surface area contributed by atoms with Crippen molar-refractivity contribution in [1.82, 2.24) is 14.9 Å². The van der Waals surface area contributed by atoms with Crippen molar-refractivity contribution in [2.45, 2.75) is 19.4 Å². The standard InChI is InChI=1S/C14H19N3/c1-11-4-6-12(7-5-11)10-13(15-2)14-16-8-9-17(14)3/h4-9,13,15H,10H2,1-3H3. The lowest BCUT2D eigenvalue weighted by Crippen LogP contribution is -2.22. The summed E-state index contributed by atoms with van der Waals surface area (Å²) >= 11 is 0. The first kappa shape index (κ1) is 11.9. The highest BCUT2D eigenvalue weighted by molar-refractivity contribution is 5.23. The highest BCUT2D eigenvalue weighted by atomic mass is 15.1. The van der Waals surface area contributed by atoms with Gasteiger partial charge in [0, 0.05) is 19.4 Å². The summed E-state index contributed by atoms with van der Waals surface area (Å²) in [6.07, 6.45) is 4.78. The van der Waals surface area contributed by atoms with Gasteiger partial charge in [-0.25, -0.2) is 4.98 Å². The van der Waals surface area contributed by atoms with Crippen molar-refractivity contribution in [2.24, 2.45) is 7.05 Å². The molecule has 1 N–H and O–H groups in total. The van der Waals surface area contributed by atoms with Crippen molar-refractivity contribution < 1.29 is 0 Å². The summed E-state index contributed by atoms with van der Waals surface area (Å²) in [4.78, 5) is 4.40. The first-order valence-corrected chi connectivity index (χ1v) is 5.90. The van der Waals surface area contributed by atoms with Crippen LogP contribution in [0.5, 0.6) is 0 Å². The molecule has 1 aromatic heterocycles. The summed E-state index contributed by atoms with van der Waals surface area (Å²) in [7, 11) is 4.01. The van der Waals surface area contributed by atoms with Crippen LogP contribution in [0.4, 0.5) is 0 Å². The monoisotopic (exact) mass is 229 g/mol. The average molecular weight is 229 g/mol. The third kappa shape index (κ3) is 2.74. The van der Waals surface area contributed by atoms with E-state index in [4.69, 9.17) is 0 Å². The number of likely N-dealkylation sites (N-methyl/N-ethyl adjacent to an activating group) is 1. The quantitative estimate of drug-likeness (QED) is 0.871. The molecule has 2 rings (SSSR count). The molecule has 1 unspecified atom stereocenters. The van der Waals surface area contributed by atoms with Gasteiger partial charge >= 0.3 is 0 Å². The smallest absolute Gasteiger partial charge is 0.125 e. The number of aromatic nitrogens is 2. The molecule has 0 fully saturated rings. The van der Waals surface area contributed by atoms with Gasteiger partial charge in [0.1, 0.15) is 5.82 Å². The van der Waals surface area contributed by atoms with Crippen LogP contribution < -0.4 is 5.32 Å². The Labute approximate surface area is 103 Å². The van der Waals surface area contributed by atoms with Gasteiger partial charge in [0.15, 0.2) is 0 Å². The summed E-state index contributed by atoms with van der Waals surface area (Å²) < 4.78 is 2.06. The topological polar surface area (TPSA) is 29.9 Å². The van der Waals surface area contributed by atoms with Crippen LogP contribution in [0.15, 0.2) is 36.7 Å². The lowest BCUT2D eigenvalue weighted by molar-refractivity contribution is 0.538. The van der Waals surface area contributed by atoms with Crippen LogP contribution in [-0.4, -0.2) is 16.6 Å². The normalized spacial score (nSPS) is 12.6. The van der Waals surface area contributed by atoms with Gasteiger partial charge in [-0.2, -0.15) is 0 Å². The predicted molar refractivity (Wildman–Crippen MR) is 69.9 cm³/mol. The number of nitrogens with one attached hydrogen (secondary N) is 1. The Morgan fingerprint density at radius 2 is 2.00 bits per heavy atom. The van der Waals surface area contributed by atoms with Crippen molar-refractivity contribution in [3.05, 3.63) is 53.6 Å². The maximum atomic E-state index is 4.40. The van der Waals surface area contributed by atoms with E-state index in [-0.39, 0.29) is 6.04 Å². The molecule has 0 aliphatic carbocycles. The molecule has 1 aromatic carbocycles. The fourth-order valence-corrected chi connectivity index (χ4v) is 2.00. The van der Waals surface area contributed by atoms with Gasteiger partial charge in [0.2, 0.25) is 0 Å². The molecule has 2 aromatic rings. The molecule has 0 aliphatic rings. The van der Waals surface area contributed by atoms with Crippen molar-refractivity contribution in [1.29, 1.82) is 0 Å². The van der Waals surface area contributed by atoms with E-state index in [0.29, 0.717) is 0 Å². The number of imidazole rings is 1. The molecule has 1 heterocycles. The summed E-state index contributed by atoms with van der Waals surface area (Å²) in [5, 5.41) is 3.33. The van der Waals surface area contributed by atoms with E-state index in [0.717, 1.165) is 12.2 Å². The average Bonchev–Trinajstić information content (AvgIpc) is 2.75. The third-order valence-corrected chi connectivity index (χ3v) is 3.08. The van der Waals surface area contributed by atoms with Gasteiger partial charge < -0.3 is 9.88 Å². The fraction of sp³-hybridized carbons (Fsp3) is 0.357. The number of nitrogens with zero attached hydrogens (tertiary/aromatic N) is 2. The van der Waals surface area contributed by atoms with Crippen LogP contribution in [0.25, 0.3) is 0 Å². The van der Waals surface area contributed by atoms with Gasteiger partial charge in [-0.05, 0) is 26.0 Å². The molecule has 0 aliphatic heterocycles. The van der Waals surface area contributed by atoms with E-state index >= 15 is 0 Å².